The maximum absolute atomic E-state index is 12.7. The van der Waals surface area contributed by atoms with E-state index < -0.39 is 6.10 Å². The lowest BCUT2D eigenvalue weighted by molar-refractivity contribution is -0.00589. The van der Waals surface area contributed by atoms with E-state index in [1.54, 1.807) is 34.0 Å². The number of para-hydroxylation sites is 1. The van der Waals surface area contributed by atoms with Crippen molar-refractivity contribution in [1.82, 2.24) is 24.9 Å². The number of carbonyl (C=O) groups excluding carboxylic acids is 1. The third-order valence-corrected chi connectivity index (χ3v) is 4.70. The van der Waals surface area contributed by atoms with Crippen molar-refractivity contribution in [3.8, 4) is 5.69 Å². The fraction of sp³-hybridized carbons (Fsp3) is 0.278. The van der Waals surface area contributed by atoms with Gasteiger partial charge in [0.25, 0.3) is 5.91 Å². The number of benzene rings is 1. The lowest BCUT2D eigenvalue weighted by Gasteiger charge is -2.41. The number of hydrogen-bond acceptors (Lipinski definition) is 4. The quantitative estimate of drug-likeness (QED) is 0.755. The predicted molar refractivity (Wildman–Crippen MR) is 91.4 cm³/mol. The van der Waals surface area contributed by atoms with Crippen molar-refractivity contribution in [3.05, 3.63) is 66.2 Å². The molecule has 0 spiro atoms. The number of carbonyl (C=O) groups is 1. The van der Waals surface area contributed by atoms with Crippen molar-refractivity contribution in [2.75, 3.05) is 0 Å². The monoisotopic (exact) mass is 337 g/mol. The number of nitrogens with zero attached hydrogens (tertiary/aromatic N) is 4. The number of aromatic nitrogens is 4. The maximum atomic E-state index is 12.7. The number of hydrogen-bond donors (Lipinski definition) is 2. The molecule has 1 amide bonds. The van der Waals surface area contributed by atoms with Crippen LogP contribution in [0.1, 0.15) is 28.5 Å². The Bertz CT molecular complexity index is 872. The summed E-state index contributed by atoms with van der Waals surface area (Å²) in [4.78, 5) is 12.7. The first kappa shape index (κ1) is 15.6. The molecule has 2 N–H and O–H groups in total. The summed E-state index contributed by atoms with van der Waals surface area (Å²) < 4.78 is 3.44. The molecule has 3 aromatic rings. The summed E-state index contributed by atoms with van der Waals surface area (Å²) in [6.07, 6.45) is 5.05. The fourth-order valence-electron chi connectivity index (χ4n) is 3.28. The van der Waals surface area contributed by atoms with Crippen molar-refractivity contribution >= 4 is 5.91 Å². The summed E-state index contributed by atoms with van der Waals surface area (Å²) in [5.41, 5.74) is 2.22. The third kappa shape index (κ3) is 2.72. The van der Waals surface area contributed by atoms with Gasteiger partial charge in [-0.1, -0.05) is 18.2 Å². The van der Waals surface area contributed by atoms with E-state index in [0.29, 0.717) is 12.0 Å². The number of nitrogens with one attached hydrogen (secondary N) is 1. The molecule has 1 aliphatic rings. The van der Waals surface area contributed by atoms with Crippen molar-refractivity contribution in [1.29, 1.82) is 0 Å². The number of aliphatic hydroxyl groups excluding tert-OH is 1. The molecule has 3 atom stereocenters. The first-order valence-corrected chi connectivity index (χ1v) is 8.23. The van der Waals surface area contributed by atoms with Crippen LogP contribution in [0.5, 0.6) is 0 Å². The lowest BCUT2D eigenvalue weighted by Crippen LogP contribution is -2.56. The second kappa shape index (κ2) is 6.18. The van der Waals surface area contributed by atoms with E-state index in [2.05, 4.69) is 15.5 Å². The molecule has 0 radical (unpaired) electrons. The van der Waals surface area contributed by atoms with Gasteiger partial charge in [-0.15, -0.1) is 0 Å². The molecule has 0 saturated heterocycles. The molecule has 1 aliphatic carbocycles. The van der Waals surface area contributed by atoms with Crippen LogP contribution in [-0.2, 0) is 0 Å². The highest BCUT2D eigenvalue weighted by molar-refractivity contribution is 5.95. The van der Waals surface area contributed by atoms with E-state index >= 15 is 0 Å². The van der Waals surface area contributed by atoms with Gasteiger partial charge in [0, 0.05) is 12.4 Å². The standard InChI is InChI=1S/C18H19N5O2/c1-12-14(11-20-23(12)13-6-3-2-4-7-13)18(25)21-15-10-16(24)17(15)22-9-5-8-19-22/h2-9,11,15-17,24H,10H2,1H3,(H,21,25)/t15-,16+,17+/m0/s1. The summed E-state index contributed by atoms with van der Waals surface area (Å²) in [6.45, 7) is 1.87. The van der Waals surface area contributed by atoms with Crippen LogP contribution in [0.15, 0.2) is 55.0 Å². The highest BCUT2D eigenvalue weighted by Gasteiger charge is 2.42. The SMILES string of the molecule is Cc1c(C(=O)N[C@H]2C[C@@H](O)[C@@H]2n2cccn2)cnn1-c1ccccc1. The Labute approximate surface area is 144 Å². The van der Waals surface area contributed by atoms with Crippen LogP contribution in [0, 0.1) is 6.92 Å². The van der Waals surface area contributed by atoms with Gasteiger partial charge in [-0.2, -0.15) is 10.2 Å². The van der Waals surface area contributed by atoms with Gasteiger partial charge in [0.05, 0.1) is 41.3 Å². The Morgan fingerprint density at radius 2 is 2.04 bits per heavy atom. The molecular weight excluding hydrogens is 318 g/mol. The molecule has 1 saturated carbocycles. The molecular formula is C18H19N5O2. The summed E-state index contributed by atoms with van der Waals surface area (Å²) in [5.74, 6) is -0.186. The highest BCUT2D eigenvalue weighted by atomic mass is 16.3. The number of aliphatic hydroxyl groups is 1. The van der Waals surface area contributed by atoms with Gasteiger partial charge in [0.15, 0.2) is 0 Å². The minimum atomic E-state index is -0.502. The minimum Gasteiger partial charge on any atom is -0.391 e. The smallest absolute Gasteiger partial charge is 0.255 e. The van der Waals surface area contributed by atoms with Crippen LogP contribution in [0.2, 0.25) is 0 Å². The largest absolute Gasteiger partial charge is 0.391 e. The summed E-state index contributed by atoms with van der Waals surface area (Å²) in [6, 6.07) is 11.1. The van der Waals surface area contributed by atoms with Crippen molar-refractivity contribution in [2.24, 2.45) is 0 Å². The van der Waals surface area contributed by atoms with E-state index in [1.165, 1.54) is 0 Å². The zero-order valence-electron chi connectivity index (χ0n) is 13.8. The Morgan fingerprint density at radius 3 is 2.72 bits per heavy atom. The van der Waals surface area contributed by atoms with Crippen LogP contribution in [-0.4, -0.2) is 42.7 Å². The Kier molecular flexibility index (Phi) is 3.85. The van der Waals surface area contributed by atoms with E-state index in [4.69, 9.17) is 0 Å². The zero-order valence-corrected chi connectivity index (χ0v) is 13.8. The van der Waals surface area contributed by atoms with Crippen LogP contribution in [0.4, 0.5) is 0 Å². The molecule has 128 valence electrons. The minimum absolute atomic E-state index is 0.151. The number of amides is 1. The second-order valence-electron chi connectivity index (χ2n) is 6.25. The molecule has 0 bridgehead atoms. The summed E-state index contributed by atoms with van der Waals surface area (Å²) >= 11 is 0. The normalized spacial score (nSPS) is 22.4. The van der Waals surface area contributed by atoms with Crippen LogP contribution in [0.3, 0.4) is 0 Å². The molecule has 25 heavy (non-hydrogen) atoms. The molecule has 2 aromatic heterocycles. The lowest BCUT2D eigenvalue weighted by atomic mass is 9.83. The Hall–Kier alpha value is -2.93. The maximum Gasteiger partial charge on any atom is 0.255 e. The van der Waals surface area contributed by atoms with Gasteiger partial charge < -0.3 is 10.4 Å². The molecule has 1 fully saturated rings. The Balaban J connectivity index is 1.52. The molecule has 0 aliphatic heterocycles. The average molecular weight is 337 g/mol. The first-order chi connectivity index (χ1) is 12.1. The van der Waals surface area contributed by atoms with Crippen LogP contribution >= 0.6 is 0 Å². The Morgan fingerprint density at radius 1 is 1.24 bits per heavy atom. The van der Waals surface area contributed by atoms with E-state index in [1.807, 2.05) is 37.3 Å². The van der Waals surface area contributed by atoms with Gasteiger partial charge in [-0.3, -0.25) is 9.48 Å². The second-order valence-corrected chi connectivity index (χ2v) is 6.25. The third-order valence-electron chi connectivity index (χ3n) is 4.70. The van der Waals surface area contributed by atoms with E-state index in [-0.39, 0.29) is 18.0 Å². The topological polar surface area (TPSA) is 85.0 Å². The van der Waals surface area contributed by atoms with Gasteiger partial charge in [0.1, 0.15) is 0 Å². The number of rotatable bonds is 4. The fourth-order valence-corrected chi connectivity index (χ4v) is 3.28. The van der Waals surface area contributed by atoms with E-state index in [9.17, 15) is 9.90 Å². The zero-order chi connectivity index (χ0) is 17.4. The van der Waals surface area contributed by atoms with Crippen molar-refractivity contribution in [3.63, 3.8) is 0 Å². The van der Waals surface area contributed by atoms with Crippen LogP contribution < -0.4 is 5.32 Å². The molecule has 2 heterocycles. The van der Waals surface area contributed by atoms with Crippen molar-refractivity contribution < 1.29 is 9.90 Å². The van der Waals surface area contributed by atoms with Gasteiger partial charge in [-0.25, -0.2) is 4.68 Å². The van der Waals surface area contributed by atoms with Gasteiger partial charge in [-0.05, 0) is 31.5 Å². The summed E-state index contributed by atoms with van der Waals surface area (Å²) in [7, 11) is 0. The molecule has 1 aromatic carbocycles. The van der Waals surface area contributed by atoms with Crippen molar-refractivity contribution in [2.45, 2.75) is 31.5 Å². The molecule has 4 rings (SSSR count). The highest BCUT2D eigenvalue weighted by Crippen LogP contribution is 2.32. The van der Waals surface area contributed by atoms with Gasteiger partial charge >= 0.3 is 0 Å². The molecule has 7 heteroatoms. The first-order valence-electron chi connectivity index (χ1n) is 8.23. The molecule has 7 nitrogen and oxygen atoms in total. The van der Waals surface area contributed by atoms with Gasteiger partial charge in [0.2, 0.25) is 0 Å². The van der Waals surface area contributed by atoms with Crippen LogP contribution in [0.25, 0.3) is 5.69 Å². The predicted octanol–water partition coefficient (Wildman–Crippen LogP) is 1.48. The summed E-state index contributed by atoms with van der Waals surface area (Å²) in [5, 5.41) is 21.5. The molecule has 0 unspecified atom stereocenters. The average Bonchev–Trinajstić information content (AvgIpc) is 3.25. The van der Waals surface area contributed by atoms with E-state index in [0.717, 1.165) is 11.4 Å².